The molecule has 0 aromatic heterocycles. The van der Waals surface area contributed by atoms with E-state index in [2.05, 4.69) is 4.72 Å². The van der Waals surface area contributed by atoms with Gasteiger partial charge in [0.25, 0.3) is 5.91 Å². The summed E-state index contributed by atoms with van der Waals surface area (Å²) in [5, 5.41) is 0. The van der Waals surface area contributed by atoms with E-state index < -0.39 is 10.0 Å². The maximum atomic E-state index is 12.1. The second kappa shape index (κ2) is 8.88. The van der Waals surface area contributed by atoms with Crippen LogP contribution in [0.25, 0.3) is 0 Å². The molecule has 0 saturated heterocycles. The maximum Gasteiger partial charge on any atom is 0.260 e. The Bertz CT molecular complexity index is 625. The molecular weight excluding hydrogens is 316 g/mol. The van der Waals surface area contributed by atoms with E-state index in [-0.39, 0.29) is 17.4 Å². The van der Waals surface area contributed by atoms with Crippen LogP contribution in [0.3, 0.4) is 0 Å². The van der Waals surface area contributed by atoms with Crippen molar-refractivity contribution in [3.8, 4) is 5.75 Å². The van der Waals surface area contributed by atoms with Crippen LogP contribution in [0, 0.1) is 6.92 Å². The molecule has 1 N–H and O–H groups in total. The van der Waals surface area contributed by atoms with Crippen LogP contribution in [-0.4, -0.2) is 45.5 Å². The Hall–Kier alpha value is -1.60. The summed E-state index contributed by atoms with van der Waals surface area (Å²) in [6, 6.07) is 4.63. The predicted molar refractivity (Wildman–Crippen MR) is 90.1 cm³/mol. The minimum atomic E-state index is -3.50. The van der Waals surface area contributed by atoms with Crippen molar-refractivity contribution in [3.05, 3.63) is 23.8 Å². The van der Waals surface area contributed by atoms with Gasteiger partial charge in [0.05, 0.1) is 4.90 Å². The summed E-state index contributed by atoms with van der Waals surface area (Å²) in [4.78, 5) is 13.8. The SMILES string of the molecule is CCCNS(=O)(=O)c1ccc(OCC(=O)N(CC)CC)c(C)c1. The zero-order valence-electron chi connectivity index (χ0n) is 14.3. The molecule has 1 aromatic rings. The van der Waals surface area contributed by atoms with Crippen molar-refractivity contribution in [2.24, 2.45) is 0 Å². The molecule has 0 atom stereocenters. The van der Waals surface area contributed by atoms with Crippen molar-refractivity contribution in [1.82, 2.24) is 9.62 Å². The molecule has 0 fully saturated rings. The van der Waals surface area contributed by atoms with E-state index in [0.717, 1.165) is 6.42 Å². The fraction of sp³-hybridized carbons (Fsp3) is 0.562. The third-order valence-corrected chi connectivity index (χ3v) is 4.92. The standard InChI is InChI=1S/C16H26N2O4S/c1-5-10-17-23(20,21)14-8-9-15(13(4)11-14)22-12-16(19)18(6-2)7-3/h8-9,11,17H,5-7,10,12H2,1-4H3. The van der Waals surface area contributed by atoms with Gasteiger partial charge in [0.15, 0.2) is 6.61 Å². The Morgan fingerprint density at radius 1 is 1.22 bits per heavy atom. The van der Waals surface area contributed by atoms with E-state index in [1.165, 1.54) is 6.07 Å². The first-order valence-electron chi connectivity index (χ1n) is 7.86. The molecular formula is C16H26N2O4S. The molecule has 0 spiro atoms. The first-order chi connectivity index (χ1) is 10.9. The third kappa shape index (κ3) is 5.51. The van der Waals surface area contributed by atoms with Crippen molar-refractivity contribution >= 4 is 15.9 Å². The van der Waals surface area contributed by atoms with Crippen LogP contribution >= 0.6 is 0 Å². The van der Waals surface area contributed by atoms with E-state index in [9.17, 15) is 13.2 Å². The van der Waals surface area contributed by atoms with Crippen molar-refractivity contribution < 1.29 is 17.9 Å². The van der Waals surface area contributed by atoms with Crippen molar-refractivity contribution in [3.63, 3.8) is 0 Å². The smallest absolute Gasteiger partial charge is 0.260 e. The topological polar surface area (TPSA) is 75.7 Å². The van der Waals surface area contributed by atoms with Gasteiger partial charge in [0.1, 0.15) is 5.75 Å². The molecule has 0 aliphatic rings. The van der Waals surface area contributed by atoms with Gasteiger partial charge in [0.2, 0.25) is 10.0 Å². The summed E-state index contributed by atoms with van der Waals surface area (Å²) in [5.74, 6) is 0.427. The summed E-state index contributed by atoms with van der Waals surface area (Å²) in [5.41, 5.74) is 0.678. The van der Waals surface area contributed by atoms with Gasteiger partial charge in [-0.05, 0) is 51.0 Å². The second-order valence-corrected chi connectivity index (χ2v) is 6.95. The zero-order chi connectivity index (χ0) is 17.5. The summed E-state index contributed by atoms with van der Waals surface area (Å²) in [7, 11) is -3.50. The molecule has 6 nitrogen and oxygen atoms in total. The molecule has 1 amide bonds. The number of ether oxygens (including phenoxy) is 1. The largest absolute Gasteiger partial charge is 0.483 e. The van der Waals surface area contributed by atoms with Crippen LogP contribution in [0.4, 0.5) is 0 Å². The molecule has 0 aliphatic carbocycles. The van der Waals surface area contributed by atoms with Crippen LogP contribution in [0.5, 0.6) is 5.75 Å². The molecule has 7 heteroatoms. The van der Waals surface area contributed by atoms with Crippen LogP contribution in [-0.2, 0) is 14.8 Å². The highest BCUT2D eigenvalue weighted by molar-refractivity contribution is 7.89. The van der Waals surface area contributed by atoms with Gasteiger partial charge in [0, 0.05) is 19.6 Å². The maximum absolute atomic E-state index is 12.1. The highest BCUT2D eigenvalue weighted by atomic mass is 32.2. The lowest BCUT2D eigenvalue weighted by Crippen LogP contribution is -2.34. The number of rotatable bonds is 9. The number of carbonyl (C=O) groups excluding carboxylic acids is 1. The number of benzene rings is 1. The van der Waals surface area contributed by atoms with Crippen molar-refractivity contribution in [1.29, 1.82) is 0 Å². The fourth-order valence-corrected chi connectivity index (χ4v) is 3.30. The third-order valence-electron chi connectivity index (χ3n) is 3.47. The van der Waals surface area contributed by atoms with Gasteiger partial charge in [-0.2, -0.15) is 0 Å². The Morgan fingerprint density at radius 3 is 2.39 bits per heavy atom. The van der Waals surface area contributed by atoms with Crippen LogP contribution < -0.4 is 9.46 Å². The van der Waals surface area contributed by atoms with Gasteiger partial charge in [-0.3, -0.25) is 4.79 Å². The van der Waals surface area contributed by atoms with Crippen LogP contribution in [0.15, 0.2) is 23.1 Å². The number of aryl methyl sites for hydroxylation is 1. The van der Waals surface area contributed by atoms with Crippen molar-refractivity contribution in [2.75, 3.05) is 26.2 Å². The number of carbonyl (C=O) groups is 1. The van der Waals surface area contributed by atoms with Gasteiger partial charge in [-0.1, -0.05) is 6.92 Å². The summed E-state index contributed by atoms with van der Waals surface area (Å²) < 4.78 is 32.2. The summed E-state index contributed by atoms with van der Waals surface area (Å²) >= 11 is 0. The molecule has 0 unspecified atom stereocenters. The average molecular weight is 342 g/mol. The Labute approximate surface area is 138 Å². The molecule has 0 heterocycles. The van der Waals surface area contributed by atoms with Gasteiger partial charge >= 0.3 is 0 Å². The first kappa shape index (κ1) is 19.4. The average Bonchev–Trinajstić information content (AvgIpc) is 2.52. The Balaban J connectivity index is 2.79. The van der Waals surface area contributed by atoms with E-state index in [1.54, 1.807) is 24.0 Å². The molecule has 130 valence electrons. The molecule has 1 rings (SSSR count). The molecule has 0 bridgehead atoms. The lowest BCUT2D eigenvalue weighted by atomic mass is 10.2. The van der Waals surface area contributed by atoms with Gasteiger partial charge < -0.3 is 9.64 Å². The van der Waals surface area contributed by atoms with E-state index in [4.69, 9.17) is 4.74 Å². The molecule has 0 radical (unpaired) electrons. The monoisotopic (exact) mass is 342 g/mol. The number of nitrogens with zero attached hydrogens (tertiary/aromatic N) is 1. The second-order valence-electron chi connectivity index (χ2n) is 5.18. The Morgan fingerprint density at radius 2 is 1.87 bits per heavy atom. The normalized spacial score (nSPS) is 11.3. The van der Waals surface area contributed by atoms with Crippen LogP contribution in [0.1, 0.15) is 32.8 Å². The number of sulfonamides is 1. The minimum absolute atomic E-state index is 0.0529. The summed E-state index contributed by atoms with van der Waals surface area (Å²) in [6.45, 7) is 9.11. The van der Waals surface area contributed by atoms with Crippen molar-refractivity contribution in [2.45, 2.75) is 39.0 Å². The fourth-order valence-electron chi connectivity index (χ4n) is 2.08. The van der Waals surface area contributed by atoms with E-state index in [1.807, 2.05) is 20.8 Å². The molecule has 1 aromatic carbocycles. The summed E-state index contributed by atoms with van der Waals surface area (Å²) in [6.07, 6.45) is 0.729. The number of likely N-dealkylation sites (N-methyl/N-ethyl adjacent to an activating group) is 1. The molecule has 0 saturated carbocycles. The number of nitrogens with one attached hydrogen (secondary N) is 1. The predicted octanol–water partition coefficient (Wildman–Crippen LogP) is 1.93. The molecule has 23 heavy (non-hydrogen) atoms. The molecule has 0 aliphatic heterocycles. The minimum Gasteiger partial charge on any atom is -0.483 e. The van der Waals surface area contributed by atoms with Gasteiger partial charge in [-0.15, -0.1) is 0 Å². The Kier molecular flexibility index (Phi) is 7.51. The highest BCUT2D eigenvalue weighted by Crippen LogP contribution is 2.21. The lowest BCUT2D eigenvalue weighted by molar-refractivity contribution is -0.132. The van der Waals surface area contributed by atoms with Crippen LogP contribution in [0.2, 0.25) is 0 Å². The quantitative estimate of drug-likeness (QED) is 0.744. The highest BCUT2D eigenvalue weighted by Gasteiger charge is 2.16. The number of amides is 1. The number of hydrogen-bond donors (Lipinski definition) is 1. The van der Waals surface area contributed by atoms with E-state index in [0.29, 0.717) is 30.9 Å². The van der Waals surface area contributed by atoms with Gasteiger partial charge in [-0.25, -0.2) is 13.1 Å². The lowest BCUT2D eigenvalue weighted by Gasteiger charge is -2.19. The van der Waals surface area contributed by atoms with E-state index >= 15 is 0 Å². The zero-order valence-corrected chi connectivity index (χ0v) is 15.1. The number of hydrogen-bond acceptors (Lipinski definition) is 4. The first-order valence-corrected chi connectivity index (χ1v) is 9.34.